The van der Waals surface area contributed by atoms with E-state index in [-0.39, 0.29) is 24.7 Å². The number of nitrogens with two attached hydrogens (primary N) is 1. The Morgan fingerprint density at radius 3 is 2.37 bits per heavy atom. The van der Waals surface area contributed by atoms with Gasteiger partial charge in [0.2, 0.25) is 10.0 Å². The molecule has 108 valence electrons. The number of sulfonamides is 1. The molecule has 0 bridgehead atoms. The molecule has 0 aliphatic carbocycles. The summed E-state index contributed by atoms with van der Waals surface area (Å²) in [6.45, 7) is 5.73. The smallest absolute Gasteiger partial charge is 0.246 e. The lowest BCUT2D eigenvalue weighted by atomic mass is 10.2. The molecule has 1 rings (SSSR count). The molecule has 0 aliphatic heterocycles. The van der Waals surface area contributed by atoms with Gasteiger partial charge in [0.1, 0.15) is 4.90 Å². The van der Waals surface area contributed by atoms with Crippen LogP contribution in [-0.4, -0.2) is 25.8 Å². The molecular weight excluding hydrogens is 274 g/mol. The summed E-state index contributed by atoms with van der Waals surface area (Å²) in [4.78, 5) is -0.715. The molecule has 4 nitrogen and oxygen atoms in total. The fraction of sp³-hybridized carbons (Fsp3) is 0.500. The summed E-state index contributed by atoms with van der Waals surface area (Å²) in [6.07, 6.45) is 0. The van der Waals surface area contributed by atoms with Crippen LogP contribution in [0, 0.1) is 17.6 Å². The Bertz CT molecular complexity index is 559. The van der Waals surface area contributed by atoms with Gasteiger partial charge < -0.3 is 5.73 Å². The summed E-state index contributed by atoms with van der Waals surface area (Å²) in [5, 5.41) is 0. The lowest BCUT2D eigenvalue weighted by molar-refractivity contribution is 0.376. The van der Waals surface area contributed by atoms with Gasteiger partial charge in [-0.05, 0) is 18.1 Å². The van der Waals surface area contributed by atoms with Gasteiger partial charge in [-0.1, -0.05) is 20.8 Å². The van der Waals surface area contributed by atoms with Crippen molar-refractivity contribution in [3.63, 3.8) is 0 Å². The number of rotatable bonds is 5. The summed E-state index contributed by atoms with van der Waals surface area (Å²) in [7, 11) is -4.08. The summed E-state index contributed by atoms with van der Waals surface area (Å²) in [5.41, 5.74) is 5.25. The number of hydrogen-bond acceptors (Lipinski definition) is 3. The molecule has 7 heteroatoms. The molecule has 0 atom stereocenters. The molecule has 0 saturated carbocycles. The Kier molecular flexibility index (Phi) is 4.86. The minimum Gasteiger partial charge on any atom is -0.399 e. The maximum absolute atomic E-state index is 13.7. The van der Waals surface area contributed by atoms with E-state index in [4.69, 9.17) is 5.73 Å². The highest BCUT2D eigenvalue weighted by molar-refractivity contribution is 7.89. The van der Waals surface area contributed by atoms with Gasteiger partial charge >= 0.3 is 0 Å². The summed E-state index contributed by atoms with van der Waals surface area (Å²) in [5.74, 6) is -2.58. The maximum atomic E-state index is 13.7. The topological polar surface area (TPSA) is 63.4 Å². The monoisotopic (exact) mass is 292 g/mol. The molecule has 0 fully saturated rings. The Labute approximate surface area is 112 Å². The summed E-state index contributed by atoms with van der Waals surface area (Å²) < 4.78 is 52.6. The van der Waals surface area contributed by atoms with Crippen LogP contribution in [0.15, 0.2) is 17.0 Å². The highest BCUT2D eigenvalue weighted by Gasteiger charge is 2.28. The van der Waals surface area contributed by atoms with E-state index in [1.54, 1.807) is 6.92 Å². The predicted molar refractivity (Wildman–Crippen MR) is 70.0 cm³/mol. The molecule has 1 aromatic rings. The zero-order valence-corrected chi connectivity index (χ0v) is 12.0. The quantitative estimate of drug-likeness (QED) is 0.846. The van der Waals surface area contributed by atoms with Gasteiger partial charge in [-0.15, -0.1) is 0 Å². The number of anilines is 1. The molecular formula is C12H18F2N2O2S. The van der Waals surface area contributed by atoms with Crippen LogP contribution in [0.4, 0.5) is 14.5 Å². The Balaban J connectivity index is 3.33. The lowest BCUT2D eigenvalue weighted by Crippen LogP contribution is -2.34. The van der Waals surface area contributed by atoms with E-state index in [0.29, 0.717) is 0 Å². The van der Waals surface area contributed by atoms with Crippen molar-refractivity contribution >= 4 is 15.7 Å². The van der Waals surface area contributed by atoms with Crippen LogP contribution in [0.1, 0.15) is 20.8 Å². The first kappa shape index (κ1) is 15.8. The first-order chi connectivity index (χ1) is 8.70. The van der Waals surface area contributed by atoms with Crippen molar-refractivity contribution < 1.29 is 17.2 Å². The Morgan fingerprint density at radius 1 is 1.32 bits per heavy atom. The van der Waals surface area contributed by atoms with Crippen molar-refractivity contribution in [2.24, 2.45) is 5.92 Å². The van der Waals surface area contributed by atoms with Crippen molar-refractivity contribution in [3.05, 3.63) is 23.8 Å². The Hall–Kier alpha value is -1.21. The molecule has 0 amide bonds. The average Bonchev–Trinajstić information content (AvgIpc) is 2.30. The van der Waals surface area contributed by atoms with E-state index >= 15 is 0 Å². The SMILES string of the molecule is CCN(CC(C)C)S(=O)(=O)c1cc(N)cc(F)c1F. The van der Waals surface area contributed by atoms with Crippen LogP contribution < -0.4 is 5.73 Å². The number of benzene rings is 1. The normalized spacial score (nSPS) is 12.4. The maximum Gasteiger partial charge on any atom is 0.246 e. The van der Waals surface area contributed by atoms with Gasteiger partial charge in [0.15, 0.2) is 11.6 Å². The van der Waals surface area contributed by atoms with Crippen LogP contribution in [-0.2, 0) is 10.0 Å². The number of hydrogen-bond donors (Lipinski definition) is 1. The van der Waals surface area contributed by atoms with E-state index in [1.165, 1.54) is 0 Å². The molecule has 2 N–H and O–H groups in total. The second-order valence-corrected chi connectivity index (χ2v) is 6.57. The minimum absolute atomic E-state index is 0.0729. The van der Waals surface area contributed by atoms with E-state index in [9.17, 15) is 17.2 Å². The third-order valence-electron chi connectivity index (χ3n) is 2.56. The fourth-order valence-electron chi connectivity index (χ4n) is 1.72. The van der Waals surface area contributed by atoms with Crippen LogP contribution >= 0.6 is 0 Å². The zero-order valence-electron chi connectivity index (χ0n) is 11.2. The zero-order chi connectivity index (χ0) is 14.8. The molecule has 0 heterocycles. The molecule has 0 radical (unpaired) electrons. The van der Waals surface area contributed by atoms with Gasteiger partial charge in [0.05, 0.1) is 0 Å². The van der Waals surface area contributed by atoms with Crippen LogP contribution in [0.2, 0.25) is 0 Å². The Morgan fingerprint density at radius 2 is 1.89 bits per heavy atom. The van der Waals surface area contributed by atoms with Crippen LogP contribution in [0.25, 0.3) is 0 Å². The molecule has 19 heavy (non-hydrogen) atoms. The summed E-state index contributed by atoms with van der Waals surface area (Å²) in [6, 6.07) is 1.70. The minimum atomic E-state index is -4.08. The van der Waals surface area contributed by atoms with Crippen molar-refractivity contribution in [3.8, 4) is 0 Å². The average molecular weight is 292 g/mol. The van der Waals surface area contributed by atoms with Gasteiger partial charge in [0, 0.05) is 18.8 Å². The standard InChI is InChI=1S/C12H18F2N2O2S/c1-4-16(7-8(2)3)19(17,18)11-6-9(15)5-10(13)12(11)14/h5-6,8H,4,7,15H2,1-3H3. The molecule has 0 saturated heterocycles. The second-order valence-electron chi connectivity index (χ2n) is 4.66. The molecule has 1 aromatic carbocycles. The molecule has 0 unspecified atom stereocenters. The largest absolute Gasteiger partial charge is 0.399 e. The third kappa shape index (κ3) is 3.42. The predicted octanol–water partition coefficient (Wildman–Crippen LogP) is 2.21. The van der Waals surface area contributed by atoms with E-state index in [1.807, 2.05) is 13.8 Å². The third-order valence-corrected chi connectivity index (χ3v) is 4.50. The van der Waals surface area contributed by atoms with Gasteiger partial charge in [-0.25, -0.2) is 17.2 Å². The van der Waals surface area contributed by atoms with E-state index in [0.717, 1.165) is 16.4 Å². The number of nitrogens with zero attached hydrogens (tertiary/aromatic N) is 1. The highest BCUT2D eigenvalue weighted by Crippen LogP contribution is 2.24. The number of halogens is 2. The fourth-order valence-corrected chi connectivity index (χ4v) is 3.44. The molecule has 0 aromatic heterocycles. The van der Waals surface area contributed by atoms with Crippen molar-refractivity contribution in [1.82, 2.24) is 4.31 Å². The molecule has 0 aliphatic rings. The van der Waals surface area contributed by atoms with Gasteiger partial charge in [0.25, 0.3) is 0 Å². The van der Waals surface area contributed by atoms with Gasteiger partial charge in [-0.2, -0.15) is 4.31 Å². The first-order valence-electron chi connectivity index (χ1n) is 5.94. The second kappa shape index (κ2) is 5.83. The van der Waals surface area contributed by atoms with Crippen LogP contribution in [0.3, 0.4) is 0 Å². The first-order valence-corrected chi connectivity index (χ1v) is 7.38. The van der Waals surface area contributed by atoms with Gasteiger partial charge in [-0.3, -0.25) is 0 Å². The van der Waals surface area contributed by atoms with E-state index < -0.39 is 26.6 Å². The van der Waals surface area contributed by atoms with E-state index in [2.05, 4.69) is 0 Å². The van der Waals surface area contributed by atoms with Crippen molar-refractivity contribution in [2.75, 3.05) is 18.8 Å². The lowest BCUT2D eigenvalue weighted by Gasteiger charge is -2.22. The summed E-state index contributed by atoms with van der Waals surface area (Å²) >= 11 is 0. The molecule has 0 spiro atoms. The van der Waals surface area contributed by atoms with Crippen LogP contribution in [0.5, 0.6) is 0 Å². The van der Waals surface area contributed by atoms with Crippen molar-refractivity contribution in [1.29, 1.82) is 0 Å². The highest BCUT2D eigenvalue weighted by atomic mass is 32.2. The number of nitrogen functional groups attached to an aromatic ring is 1. The van der Waals surface area contributed by atoms with Crippen molar-refractivity contribution in [2.45, 2.75) is 25.7 Å².